The van der Waals surface area contributed by atoms with E-state index in [1.165, 1.54) is 18.9 Å². The molecule has 5 rings (SSSR count). The van der Waals surface area contributed by atoms with Crippen molar-refractivity contribution in [3.05, 3.63) is 75.5 Å². The van der Waals surface area contributed by atoms with Crippen LogP contribution in [0.1, 0.15) is 40.9 Å². The van der Waals surface area contributed by atoms with Crippen LogP contribution in [0, 0.1) is 5.82 Å². The van der Waals surface area contributed by atoms with E-state index in [1.807, 2.05) is 18.2 Å². The van der Waals surface area contributed by atoms with Crippen LogP contribution < -0.4 is 5.56 Å². The number of carbonyl (C=O) groups is 1. The highest BCUT2D eigenvalue weighted by molar-refractivity contribution is 5.94. The highest BCUT2D eigenvalue weighted by Gasteiger charge is 2.31. The maximum atomic E-state index is 14.6. The molecular weight excluding hydrogens is 395 g/mol. The van der Waals surface area contributed by atoms with Crippen LogP contribution >= 0.6 is 0 Å². The molecule has 6 nitrogen and oxygen atoms in total. The van der Waals surface area contributed by atoms with Crippen LogP contribution in [0.25, 0.3) is 10.8 Å². The van der Waals surface area contributed by atoms with E-state index >= 15 is 0 Å². The average Bonchev–Trinajstić information content (AvgIpc) is 3.63. The summed E-state index contributed by atoms with van der Waals surface area (Å²) in [6.45, 7) is 3.13. The summed E-state index contributed by atoms with van der Waals surface area (Å²) in [5.41, 5.74) is 1.33. The Kier molecular flexibility index (Phi) is 5.28. The second-order valence-electron chi connectivity index (χ2n) is 8.45. The largest absolute Gasteiger partial charge is 0.337 e. The first-order valence-electron chi connectivity index (χ1n) is 10.9. The predicted molar refractivity (Wildman–Crippen MR) is 117 cm³/mol. The van der Waals surface area contributed by atoms with Gasteiger partial charge in [0.15, 0.2) is 0 Å². The first kappa shape index (κ1) is 19.9. The summed E-state index contributed by atoms with van der Waals surface area (Å²) < 4.78 is 14.6. The van der Waals surface area contributed by atoms with E-state index in [0.29, 0.717) is 36.6 Å². The smallest absolute Gasteiger partial charge is 0.272 e. The van der Waals surface area contributed by atoms with E-state index in [4.69, 9.17) is 0 Å². The minimum absolute atomic E-state index is 0.103. The third-order valence-corrected chi connectivity index (χ3v) is 6.29. The lowest BCUT2D eigenvalue weighted by atomic mass is 10.0. The summed E-state index contributed by atoms with van der Waals surface area (Å²) in [5.74, 6) is -0.757. The monoisotopic (exact) mass is 420 g/mol. The molecule has 1 amide bonds. The molecule has 2 aliphatic rings. The minimum Gasteiger partial charge on any atom is -0.337 e. The number of aromatic amines is 1. The highest BCUT2D eigenvalue weighted by atomic mass is 19.1. The Morgan fingerprint density at radius 2 is 1.87 bits per heavy atom. The van der Waals surface area contributed by atoms with Crippen molar-refractivity contribution in [2.45, 2.75) is 31.7 Å². The van der Waals surface area contributed by atoms with Gasteiger partial charge in [0.1, 0.15) is 5.82 Å². The fourth-order valence-electron chi connectivity index (χ4n) is 4.46. The number of fused-ring (bicyclic) bond motifs is 1. The van der Waals surface area contributed by atoms with Crippen LogP contribution in [0.2, 0.25) is 0 Å². The summed E-state index contributed by atoms with van der Waals surface area (Å²) in [7, 11) is 0. The standard InChI is InChI=1S/C24H25FN4O2/c25-21-9-6-16(15-22-18-4-1-2-5-19(18)23(30)27-26-22)14-20(21)24(31)29-11-3-10-28(12-13-29)17-7-8-17/h1-2,4-6,9,14,17H,3,7-8,10-13,15H2,(H,27,30). The first-order chi connectivity index (χ1) is 15.1. The van der Waals surface area contributed by atoms with Crippen LogP contribution in [0.5, 0.6) is 0 Å². The summed E-state index contributed by atoms with van der Waals surface area (Å²) in [5, 5.41) is 8.05. The molecule has 1 N–H and O–H groups in total. The molecule has 7 heteroatoms. The number of hydrogen-bond acceptors (Lipinski definition) is 4. The van der Waals surface area contributed by atoms with Crippen molar-refractivity contribution < 1.29 is 9.18 Å². The SMILES string of the molecule is O=C(c1cc(Cc2n[nH]c(=O)c3ccccc23)ccc1F)N1CCCN(C2CC2)CC1. The Morgan fingerprint density at radius 1 is 1.06 bits per heavy atom. The van der Waals surface area contributed by atoms with Gasteiger partial charge in [-0.2, -0.15) is 5.10 Å². The van der Waals surface area contributed by atoms with Crippen LogP contribution in [0.4, 0.5) is 4.39 Å². The van der Waals surface area contributed by atoms with Crippen molar-refractivity contribution in [3.63, 3.8) is 0 Å². The van der Waals surface area contributed by atoms with Crippen molar-refractivity contribution >= 4 is 16.7 Å². The van der Waals surface area contributed by atoms with Crippen LogP contribution in [-0.2, 0) is 6.42 Å². The van der Waals surface area contributed by atoms with Gasteiger partial charge in [-0.05, 0) is 43.0 Å². The number of nitrogens with zero attached hydrogens (tertiary/aromatic N) is 3. The quantitative estimate of drug-likeness (QED) is 0.705. The van der Waals surface area contributed by atoms with Crippen molar-refractivity contribution in [1.82, 2.24) is 20.0 Å². The fourth-order valence-corrected chi connectivity index (χ4v) is 4.46. The summed E-state index contributed by atoms with van der Waals surface area (Å²) >= 11 is 0. The van der Waals surface area contributed by atoms with Crippen molar-refractivity contribution in [1.29, 1.82) is 0 Å². The van der Waals surface area contributed by atoms with E-state index < -0.39 is 5.82 Å². The lowest BCUT2D eigenvalue weighted by molar-refractivity contribution is 0.0756. The molecule has 1 aliphatic carbocycles. The number of hydrogen-bond donors (Lipinski definition) is 1. The topological polar surface area (TPSA) is 69.3 Å². The molecule has 1 aliphatic heterocycles. The predicted octanol–water partition coefficient (Wildman–Crippen LogP) is 2.96. The van der Waals surface area contributed by atoms with Gasteiger partial charge < -0.3 is 4.90 Å². The Hall–Kier alpha value is -3.06. The summed E-state index contributed by atoms with van der Waals surface area (Å²) in [6, 6.07) is 12.6. The lowest BCUT2D eigenvalue weighted by Gasteiger charge is -2.22. The van der Waals surface area contributed by atoms with Crippen LogP contribution in [0.15, 0.2) is 47.3 Å². The lowest BCUT2D eigenvalue weighted by Crippen LogP contribution is -2.36. The molecule has 3 aromatic rings. The Bertz CT molecular complexity index is 1190. The fraction of sp³-hybridized carbons (Fsp3) is 0.375. The third kappa shape index (κ3) is 4.10. The number of nitrogens with one attached hydrogen (secondary N) is 1. The third-order valence-electron chi connectivity index (χ3n) is 6.29. The Labute approximate surface area is 179 Å². The second kappa shape index (κ2) is 8.23. The number of H-pyrrole nitrogens is 1. The number of benzene rings is 2. The number of aromatic nitrogens is 2. The normalized spacial score (nSPS) is 17.6. The average molecular weight is 420 g/mol. The van der Waals surface area contributed by atoms with Crippen molar-refractivity contribution in [2.24, 2.45) is 0 Å². The second-order valence-corrected chi connectivity index (χ2v) is 8.45. The molecule has 0 unspecified atom stereocenters. The van der Waals surface area contributed by atoms with E-state index in [-0.39, 0.29) is 17.0 Å². The van der Waals surface area contributed by atoms with Gasteiger partial charge in [0, 0.05) is 44.0 Å². The van der Waals surface area contributed by atoms with Gasteiger partial charge in [-0.25, -0.2) is 9.49 Å². The van der Waals surface area contributed by atoms with Crippen LogP contribution in [0.3, 0.4) is 0 Å². The summed E-state index contributed by atoms with van der Waals surface area (Å²) in [4.78, 5) is 29.4. The summed E-state index contributed by atoms with van der Waals surface area (Å²) in [6.07, 6.45) is 3.81. The minimum atomic E-state index is -0.503. The molecule has 1 saturated heterocycles. The number of carbonyl (C=O) groups excluding carboxylic acids is 1. The highest BCUT2D eigenvalue weighted by Crippen LogP contribution is 2.28. The molecule has 2 aromatic carbocycles. The number of amides is 1. The molecule has 0 bridgehead atoms. The molecule has 1 saturated carbocycles. The Balaban J connectivity index is 1.39. The van der Waals surface area contributed by atoms with E-state index in [0.717, 1.165) is 30.5 Å². The van der Waals surface area contributed by atoms with Crippen LogP contribution in [-0.4, -0.2) is 58.1 Å². The van der Waals surface area contributed by atoms with Crippen molar-refractivity contribution in [2.75, 3.05) is 26.2 Å². The van der Waals surface area contributed by atoms with Gasteiger partial charge in [0.2, 0.25) is 0 Å². The first-order valence-corrected chi connectivity index (χ1v) is 10.9. The number of rotatable bonds is 4. The molecule has 2 fully saturated rings. The van der Waals surface area contributed by atoms with Gasteiger partial charge >= 0.3 is 0 Å². The molecule has 0 atom stereocenters. The van der Waals surface area contributed by atoms with Gasteiger partial charge in [-0.15, -0.1) is 0 Å². The molecule has 0 radical (unpaired) electrons. The van der Waals surface area contributed by atoms with Crippen molar-refractivity contribution in [3.8, 4) is 0 Å². The van der Waals surface area contributed by atoms with Gasteiger partial charge in [-0.1, -0.05) is 24.3 Å². The zero-order chi connectivity index (χ0) is 21.4. The maximum absolute atomic E-state index is 14.6. The zero-order valence-electron chi connectivity index (χ0n) is 17.3. The van der Waals surface area contributed by atoms with E-state index in [1.54, 1.807) is 23.1 Å². The number of halogens is 1. The van der Waals surface area contributed by atoms with Gasteiger partial charge in [0.05, 0.1) is 16.6 Å². The van der Waals surface area contributed by atoms with E-state index in [2.05, 4.69) is 15.1 Å². The molecule has 160 valence electrons. The zero-order valence-corrected chi connectivity index (χ0v) is 17.3. The van der Waals surface area contributed by atoms with Gasteiger partial charge in [0.25, 0.3) is 11.5 Å². The molecular formula is C24H25FN4O2. The molecule has 1 aromatic heterocycles. The Morgan fingerprint density at radius 3 is 2.68 bits per heavy atom. The molecule has 0 spiro atoms. The van der Waals surface area contributed by atoms with E-state index in [9.17, 15) is 14.0 Å². The molecule has 2 heterocycles. The van der Waals surface area contributed by atoms with Gasteiger partial charge in [-0.3, -0.25) is 14.5 Å². The maximum Gasteiger partial charge on any atom is 0.272 e. The molecule has 31 heavy (non-hydrogen) atoms.